The zero-order valence-corrected chi connectivity index (χ0v) is 13.5. The molecule has 0 atom stereocenters. The molecule has 0 aliphatic carbocycles. The van der Waals surface area contributed by atoms with Crippen LogP contribution in [-0.4, -0.2) is 20.7 Å². The molecule has 5 nitrogen and oxygen atoms in total. The number of carbonyl (C=O) groups excluding carboxylic acids is 1. The topological polar surface area (TPSA) is 59.8 Å². The number of carbonyl (C=O) groups is 1. The first-order valence-electron chi connectivity index (χ1n) is 7.10. The molecule has 0 radical (unpaired) electrons. The highest BCUT2D eigenvalue weighted by Gasteiger charge is 2.13. The van der Waals surface area contributed by atoms with E-state index in [0.717, 1.165) is 22.5 Å². The molecule has 0 bridgehead atoms. The summed E-state index contributed by atoms with van der Waals surface area (Å²) in [6.07, 6.45) is 1.50. The van der Waals surface area contributed by atoms with E-state index in [4.69, 9.17) is 11.6 Å². The van der Waals surface area contributed by atoms with E-state index in [0.29, 0.717) is 5.02 Å². The maximum absolute atomic E-state index is 12.3. The molecule has 0 saturated heterocycles. The summed E-state index contributed by atoms with van der Waals surface area (Å²) in [4.78, 5) is 16.4. The molecule has 1 amide bonds. The standard InChI is InChI=1S/C17H15ClN4O/c1-11-4-3-5-15(12(11)2)20-17(23)16-19-10-22(21-16)14-8-6-13(18)7-9-14/h3-10H,1-2H3,(H,20,23). The van der Waals surface area contributed by atoms with Gasteiger partial charge in [-0.15, -0.1) is 5.10 Å². The van der Waals surface area contributed by atoms with Crippen LogP contribution < -0.4 is 5.32 Å². The fraction of sp³-hybridized carbons (Fsp3) is 0.118. The lowest BCUT2D eigenvalue weighted by molar-refractivity contribution is 0.101. The highest BCUT2D eigenvalue weighted by atomic mass is 35.5. The van der Waals surface area contributed by atoms with E-state index in [-0.39, 0.29) is 11.7 Å². The Labute approximate surface area is 138 Å². The van der Waals surface area contributed by atoms with Gasteiger partial charge in [-0.3, -0.25) is 4.79 Å². The maximum atomic E-state index is 12.3. The van der Waals surface area contributed by atoms with Gasteiger partial charge >= 0.3 is 0 Å². The quantitative estimate of drug-likeness (QED) is 0.796. The van der Waals surface area contributed by atoms with E-state index >= 15 is 0 Å². The van der Waals surface area contributed by atoms with E-state index in [1.165, 1.54) is 11.0 Å². The number of aromatic nitrogens is 3. The second kappa shape index (κ2) is 6.22. The number of hydrogen-bond donors (Lipinski definition) is 1. The number of benzene rings is 2. The molecular weight excluding hydrogens is 312 g/mol. The number of nitrogens with zero attached hydrogens (tertiary/aromatic N) is 3. The lowest BCUT2D eigenvalue weighted by Crippen LogP contribution is -2.15. The number of nitrogens with one attached hydrogen (secondary N) is 1. The van der Waals surface area contributed by atoms with Crippen molar-refractivity contribution >= 4 is 23.2 Å². The van der Waals surface area contributed by atoms with E-state index in [2.05, 4.69) is 15.4 Å². The molecule has 23 heavy (non-hydrogen) atoms. The molecule has 2 aromatic carbocycles. The van der Waals surface area contributed by atoms with Gasteiger partial charge in [0.2, 0.25) is 5.82 Å². The predicted octanol–water partition coefficient (Wildman–Crippen LogP) is 3.79. The lowest BCUT2D eigenvalue weighted by Gasteiger charge is -2.08. The molecule has 3 rings (SSSR count). The first-order chi connectivity index (χ1) is 11.0. The molecular formula is C17H15ClN4O. The van der Waals surface area contributed by atoms with Crippen molar-refractivity contribution in [3.8, 4) is 5.69 Å². The van der Waals surface area contributed by atoms with Crippen LogP contribution in [0, 0.1) is 13.8 Å². The van der Waals surface area contributed by atoms with Crippen molar-refractivity contribution in [1.82, 2.24) is 14.8 Å². The Morgan fingerprint density at radius 2 is 1.87 bits per heavy atom. The van der Waals surface area contributed by atoms with Crippen LogP contribution in [0.4, 0.5) is 5.69 Å². The van der Waals surface area contributed by atoms with Crippen LogP contribution in [0.5, 0.6) is 0 Å². The Bertz CT molecular complexity index is 855. The summed E-state index contributed by atoms with van der Waals surface area (Å²) >= 11 is 5.86. The molecule has 1 aromatic heterocycles. The van der Waals surface area contributed by atoms with Crippen molar-refractivity contribution in [1.29, 1.82) is 0 Å². The predicted molar refractivity (Wildman–Crippen MR) is 90.2 cm³/mol. The summed E-state index contributed by atoms with van der Waals surface area (Å²) in [6.45, 7) is 3.96. The summed E-state index contributed by atoms with van der Waals surface area (Å²) in [5.74, 6) is -0.229. The van der Waals surface area contributed by atoms with E-state index < -0.39 is 0 Å². The van der Waals surface area contributed by atoms with Crippen LogP contribution in [0.1, 0.15) is 21.7 Å². The van der Waals surface area contributed by atoms with E-state index in [9.17, 15) is 4.79 Å². The maximum Gasteiger partial charge on any atom is 0.295 e. The van der Waals surface area contributed by atoms with Crippen molar-refractivity contribution < 1.29 is 4.79 Å². The first kappa shape index (κ1) is 15.2. The van der Waals surface area contributed by atoms with Gasteiger partial charge in [0, 0.05) is 10.7 Å². The van der Waals surface area contributed by atoms with Gasteiger partial charge in [-0.05, 0) is 55.3 Å². The van der Waals surface area contributed by atoms with Gasteiger partial charge in [0.25, 0.3) is 5.91 Å². The molecule has 0 fully saturated rings. The van der Waals surface area contributed by atoms with Gasteiger partial charge in [0.1, 0.15) is 6.33 Å². The second-order valence-electron chi connectivity index (χ2n) is 5.19. The molecule has 0 unspecified atom stereocenters. The van der Waals surface area contributed by atoms with Crippen LogP contribution in [0.2, 0.25) is 5.02 Å². The summed E-state index contributed by atoms with van der Waals surface area (Å²) in [6, 6.07) is 12.9. The van der Waals surface area contributed by atoms with Gasteiger partial charge in [0.15, 0.2) is 0 Å². The largest absolute Gasteiger partial charge is 0.319 e. The van der Waals surface area contributed by atoms with E-state index in [1.807, 2.05) is 44.2 Å². The molecule has 0 aliphatic rings. The summed E-state index contributed by atoms with van der Waals surface area (Å²) < 4.78 is 1.54. The average molecular weight is 327 g/mol. The Morgan fingerprint density at radius 3 is 2.61 bits per heavy atom. The van der Waals surface area contributed by atoms with Crippen LogP contribution >= 0.6 is 11.6 Å². The third-order valence-corrected chi connectivity index (χ3v) is 3.89. The van der Waals surface area contributed by atoms with Gasteiger partial charge in [-0.1, -0.05) is 23.7 Å². The zero-order chi connectivity index (χ0) is 16.4. The number of rotatable bonds is 3. The first-order valence-corrected chi connectivity index (χ1v) is 7.47. The molecule has 0 aliphatic heterocycles. The second-order valence-corrected chi connectivity index (χ2v) is 5.63. The smallest absolute Gasteiger partial charge is 0.295 e. The molecule has 1 heterocycles. The minimum atomic E-state index is -0.341. The van der Waals surface area contributed by atoms with Crippen LogP contribution in [-0.2, 0) is 0 Å². The van der Waals surface area contributed by atoms with Crippen molar-refractivity contribution in [2.75, 3.05) is 5.32 Å². The molecule has 0 spiro atoms. The monoisotopic (exact) mass is 326 g/mol. The Hall–Kier alpha value is -2.66. The van der Waals surface area contributed by atoms with Gasteiger partial charge in [-0.25, -0.2) is 9.67 Å². The zero-order valence-electron chi connectivity index (χ0n) is 12.7. The van der Waals surface area contributed by atoms with E-state index in [1.54, 1.807) is 12.1 Å². The fourth-order valence-corrected chi connectivity index (χ4v) is 2.28. The summed E-state index contributed by atoms with van der Waals surface area (Å²) in [7, 11) is 0. The van der Waals surface area contributed by atoms with Gasteiger partial charge in [0.05, 0.1) is 5.69 Å². The van der Waals surface area contributed by atoms with Crippen molar-refractivity contribution in [2.45, 2.75) is 13.8 Å². The fourth-order valence-electron chi connectivity index (χ4n) is 2.15. The van der Waals surface area contributed by atoms with Crippen molar-refractivity contribution in [3.63, 3.8) is 0 Å². The van der Waals surface area contributed by atoms with Gasteiger partial charge < -0.3 is 5.32 Å². The third-order valence-electron chi connectivity index (χ3n) is 3.64. The van der Waals surface area contributed by atoms with Crippen LogP contribution in [0.3, 0.4) is 0 Å². The van der Waals surface area contributed by atoms with Gasteiger partial charge in [-0.2, -0.15) is 0 Å². The number of halogens is 1. The lowest BCUT2D eigenvalue weighted by atomic mass is 10.1. The normalized spacial score (nSPS) is 10.6. The van der Waals surface area contributed by atoms with Crippen molar-refractivity contribution in [2.24, 2.45) is 0 Å². The highest BCUT2D eigenvalue weighted by Crippen LogP contribution is 2.18. The summed E-state index contributed by atoms with van der Waals surface area (Å²) in [5.41, 5.74) is 3.69. The Kier molecular flexibility index (Phi) is 4.12. The molecule has 3 aromatic rings. The Balaban J connectivity index is 1.81. The minimum Gasteiger partial charge on any atom is -0.319 e. The minimum absolute atomic E-state index is 0.112. The van der Waals surface area contributed by atoms with Crippen LogP contribution in [0.25, 0.3) is 5.69 Å². The SMILES string of the molecule is Cc1cccc(NC(=O)c2ncn(-c3ccc(Cl)cc3)n2)c1C. The molecule has 116 valence electrons. The number of anilines is 1. The highest BCUT2D eigenvalue weighted by molar-refractivity contribution is 6.30. The third kappa shape index (κ3) is 3.24. The molecule has 1 N–H and O–H groups in total. The Morgan fingerprint density at radius 1 is 1.13 bits per heavy atom. The number of aryl methyl sites for hydroxylation is 1. The molecule has 6 heteroatoms. The average Bonchev–Trinajstić information content (AvgIpc) is 3.02. The van der Waals surface area contributed by atoms with Crippen LogP contribution in [0.15, 0.2) is 48.8 Å². The van der Waals surface area contributed by atoms with Crippen molar-refractivity contribution in [3.05, 3.63) is 70.8 Å². The number of amides is 1. The summed E-state index contributed by atoms with van der Waals surface area (Å²) in [5, 5.41) is 7.69. The number of hydrogen-bond acceptors (Lipinski definition) is 3. The molecule has 0 saturated carbocycles.